The van der Waals surface area contributed by atoms with Crippen molar-refractivity contribution in [3.8, 4) is 16.9 Å². The predicted octanol–water partition coefficient (Wildman–Crippen LogP) is 5.92. The van der Waals surface area contributed by atoms with Gasteiger partial charge in [0.05, 0.1) is 5.69 Å². The van der Waals surface area contributed by atoms with Crippen LogP contribution in [0.5, 0.6) is 0 Å². The number of aromatic amines is 1. The van der Waals surface area contributed by atoms with E-state index in [1.165, 1.54) is 16.7 Å². The number of rotatable bonds is 5. The van der Waals surface area contributed by atoms with E-state index in [1.807, 2.05) is 41.1 Å². The molecule has 0 spiro atoms. The van der Waals surface area contributed by atoms with Gasteiger partial charge < -0.3 is 10.3 Å². The Kier molecular flexibility index (Phi) is 5.31. The summed E-state index contributed by atoms with van der Waals surface area (Å²) in [5.41, 5.74) is 8.57. The van der Waals surface area contributed by atoms with Crippen LogP contribution in [-0.2, 0) is 6.54 Å². The summed E-state index contributed by atoms with van der Waals surface area (Å²) in [6.45, 7) is 6.64. The molecular formula is C28H26N4O. The summed E-state index contributed by atoms with van der Waals surface area (Å²) in [7, 11) is 0. The van der Waals surface area contributed by atoms with E-state index < -0.39 is 0 Å². The lowest BCUT2D eigenvalue weighted by molar-refractivity contribution is 0.896. The molecule has 0 aliphatic carbocycles. The van der Waals surface area contributed by atoms with Crippen LogP contribution >= 0.6 is 0 Å². The van der Waals surface area contributed by atoms with Crippen molar-refractivity contribution in [3.05, 3.63) is 111 Å². The molecule has 0 saturated carbocycles. The van der Waals surface area contributed by atoms with Gasteiger partial charge in [0.25, 0.3) is 5.56 Å². The van der Waals surface area contributed by atoms with Crippen molar-refractivity contribution in [1.82, 2.24) is 14.8 Å². The first kappa shape index (κ1) is 20.8. The number of nitrogens with one attached hydrogen (secondary N) is 2. The molecule has 0 amide bonds. The lowest BCUT2D eigenvalue weighted by atomic mass is 10.1. The van der Waals surface area contributed by atoms with Crippen molar-refractivity contribution in [2.24, 2.45) is 0 Å². The summed E-state index contributed by atoms with van der Waals surface area (Å²) in [4.78, 5) is 16.1. The van der Waals surface area contributed by atoms with E-state index in [1.54, 1.807) is 0 Å². The van der Waals surface area contributed by atoms with Gasteiger partial charge >= 0.3 is 0 Å². The van der Waals surface area contributed by atoms with Gasteiger partial charge in [-0.1, -0.05) is 54.1 Å². The van der Waals surface area contributed by atoms with Gasteiger partial charge in [0.15, 0.2) is 0 Å². The van der Waals surface area contributed by atoms with E-state index in [-0.39, 0.29) is 5.56 Å². The van der Waals surface area contributed by atoms with Crippen molar-refractivity contribution in [2.45, 2.75) is 27.3 Å². The van der Waals surface area contributed by atoms with Gasteiger partial charge in [-0.25, -0.2) is 4.68 Å². The molecule has 0 saturated heterocycles. The second-order valence-electron chi connectivity index (χ2n) is 8.58. The summed E-state index contributed by atoms with van der Waals surface area (Å²) < 4.78 is 1.81. The zero-order chi connectivity index (χ0) is 22.9. The van der Waals surface area contributed by atoms with Gasteiger partial charge in [-0.15, -0.1) is 0 Å². The van der Waals surface area contributed by atoms with Crippen molar-refractivity contribution in [3.63, 3.8) is 0 Å². The molecule has 0 fully saturated rings. The molecule has 0 atom stereocenters. The number of benzene rings is 3. The summed E-state index contributed by atoms with van der Waals surface area (Å²) in [5, 5.41) is 9.23. The summed E-state index contributed by atoms with van der Waals surface area (Å²) in [6.07, 6.45) is 0. The molecule has 0 aliphatic rings. The number of nitrogens with zero attached hydrogens (tertiary/aromatic N) is 2. The van der Waals surface area contributed by atoms with Crippen LogP contribution in [0.15, 0.2) is 83.7 Å². The number of fused-ring (bicyclic) bond motifs is 1. The van der Waals surface area contributed by atoms with E-state index in [9.17, 15) is 4.79 Å². The second-order valence-corrected chi connectivity index (χ2v) is 8.58. The van der Waals surface area contributed by atoms with Gasteiger partial charge in [-0.3, -0.25) is 4.79 Å². The van der Waals surface area contributed by atoms with E-state index in [0.717, 1.165) is 28.0 Å². The molecule has 164 valence electrons. The third-order valence-corrected chi connectivity index (χ3v) is 5.79. The number of hydrogen-bond donors (Lipinski definition) is 2. The largest absolute Gasteiger partial charge is 0.381 e. The first-order valence-corrected chi connectivity index (χ1v) is 11.1. The zero-order valence-corrected chi connectivity index (χ0v) is 19.0. The van der Waals surface area contributed by atoms with Crippen LogP contribution in [0.25, 0.3) is 28.0 Å². The van der Waals surface area contributed by atoms with E-state index in [2.05, 4.69) is 73.5 Å². The Morgan fingerprint density at radius 2 is 1.55 bits per heavy atom. The summed E-state index contributed by atoms with van der Waals surface area (Å²) in [5.74, 6) is 0. The highest BCUT2D eigenvalue weighted by Crippen LogP contribution is 2.29. The average Bonchev–Trinajstić information content (AvgIpc) is 3.16. The monoisotopic (exact) mass is 434 g/mol. The summed E-state index contributed by atoms with van der Waals surface area (Å²) >= 11 is 0. The number of hydrogen-bond acceptors (Lipinski definition) is 3. The average molecular weight is 435 g/mol. The Hall–Kier alpha value is -4.12. The van der Waals surface area contributed by atoms with E-state index in [4.69, 9.17) is 5.10 Å². The Bertz CT molecular complexity index is 1480. The highest BCUT2D eigenvalue weighted by molar-refractivity contribution is 5.92. The number of anilines is 1. The molecule has 2 N–H and O–H groups in total. The molecule has 0 aliphatic heterocycles. The van der Waals surface area contributed by atoms with Crippen molar-refractivity contribution >= 4 is 16.7 Å². The van der Waals surface area contributed by atoms with Crippen molar-refractivity contribution in [2.75, 3.05) is 5.32 Å². The smallest absolute Gasteiger partial charge is 0.254 e. The van der Waals surface area contributed by atoms with Gasteiger partial charge in [0.2, 0.25) is 0 Å². The molecule has 5 nitrogen and oxygen atoms in total. The maximum Gasteiger partial charge on any atom is 0.254 e. The second kappa shape index (κ2) is 8.43. The number of aryl methyl sites for hydroxylation is 3. The first-order valence-electron chi connectivity index (χ1n) is 11.1. The number of para-hydroxylation sites is 1. The quantitative estimate of drug-likeness (QED) is 0.361. The summed E-state index contributed by atoms with van der Waals surface area (Å²) in [6, 6.07) is 26.5. The fourth-order valence-electron chi connectivity index (χ4n) is 4.20. The van der Waals surface area contributed by atoms with Crippen molar-refractivity contribution in [1.29, 1.82) is 0 Å². The predicted molar refractivity (Wildman–Crippen MR) is 135 cm³/mol. The minimum atomic E-state index is -0.119. The normalized spacial score (nSPS) is 11.1. The fraction of sp³-hybridized carbons (Fsp3) is 0.143. The Morgan fingerprint density at radius 1 is 0.848 bits per heavy atom. The molecule has 3 aromatic carbocycles. The van der Waals surface area contributed by atoms with Crippen LogP contribution in [0.3, 0.4) is 0 Å². The fourth-order valence-corrected chi connectivity index (χ4v) is 4.20. The van der Waals surface area contributed by atoms with E-state index >= 15 is 0 Å². The minimum absolute atomic E-state index is 0.119. The lowest BCUT2D eigenvalue weighted by Gasteiger charge is -2.09. The standard InChI is InChI=1S/C28H26N4O/c1-18-9-11-21(12-10-18)26-25-16-22(17-29-23-14-19(2)13-20(3)15-23)28(33)30-27(25)32(31-26)24-7-5-4-6-8-24/h4-16,29H,17H2,1-3H3,(H,30,33). The van der Waals surface area contributed by atoms with Gasteiger partial charge in [0.1, 0.15) is 11.3 Å². The number of H-pyrrole nitrogens is 1. The van der Waals surface area contributed by atoms with Crippen LogP contribution < -0.4 is 10.9 Å². The SMILES string of the molecule is Cc1ccc(-c2nn(-c3ccccc3)c3[nH]c(=O)c(CNc4cc(C)cc(C)c4)cc23)cc1. The lowest BCUT2D eigenvalue weighted by Crippen LogP contribution is -2.16. The molecule has 2 heterocycles. The highest BCUT2D eigenvalue weighted by Gasteiger charge is 2.16. The first-order chi connectivity index (χ1) is 16.0. The van der Waals surface area contributed by atoms with E-state index in [0.29, 0.717) is 17.8 Å². The molecule has 5 heteroatoms. The molecule has 2 aromatic heterocycles. The van der Waals surface area contributed by atoms with Crippen LogP contribution in [0.4, 0.5) is 5.69 Å². The molecule has 33 heavy (non-hydrogen) atoms. The van der Waals surface area contributed by atoms with Gasteiger partial charge in [-0.05, 0) is 62.2 Å². The molecule has 5 aromatic rings. The Morgan fingerprint density at radius 3 is 2.24 bits per heavy atom. The van der Waals surface area contributed by atoms with Gasteiger partial charge in [-0.2, -0.15) is 5.10 Å². The Labute approximate surface area is 192 Å². The van der Waals surface area contributed by atoms with Gasteiger partial charge in [0, 0.05) is 28.7 Å². The maximum absolute atomic E-state index is 13.0. The third-order valence-electron chi connectivity index (χ3n) is 5.79. The maximum atomic E-state index is 13.0. The molecule has 0 unspecified atom stereocenters. The number of pyridine rings is 1. The van der Waals surface area contributed by atoms with Crippen molar-refractivity contribution < 1.29 is 0 Å². The molecule has 0 bridgehead atoms. The van der Waals surface area contributed by atoms with Crippen LogP contribution in [0.1, 0.15) is 22.3 Å². The Balaban J connectivity index is 1.62. The van der Waals surface area contributed by atoms with Crippen LogP contribution in [0, 0.1) is 20.8 Å². The number of aromatic nitrogens is 3. The van der Waals surface area contributed by atoms with Crippen LogP contribution in [-0.4, -0.2) is 14.8 Å². The highest BCUT2D eigenvalue weighted by atomic mass is 16.1. The van der Waals surface area contributed by atoms with Crippen LogP contribution in [0.2, 0.25) is 0 Å². The molecule has 0 radical (unpaired) electrons. The zero-order valence-electron chi connectivity index (χ0n) is 19.0. The minimum Gasteiger partial charge on any atom is -0.381 e. The third kappa shape index (κ3) is 4.17. The topological polar surface area (TPSA) is 62.7 Å². The molecular weight excluding hydrogens is 408 g/mol. The molecule has 5 rings (SSSR count).